The van der Waals surface area contributed by atoms with Gasteiger partial charge in [0.2, 0.25) is 5.95 Å². The highest BCUT2D eigenvalue weighted by molar-refractivity contribution is 7.91. The van der Waals surface area contributed by atoms with Crippen LogP contribution in [0, 0.1) is 5.92 Å². The number of imidazole rings is 1. The van der Waals surface area contributed by atoms with Crippen molar-refractivity contribution in [2.75, 3.05) is 12.0 Å². The molecule has 6 heteroatoms. The monoisotopic (exact) mass is 267 g/mol. The van der Waals surface area contributed by atoms with Crippen LogP contribution in [0.2, 0.25) is 0 Å². The fourth-order valence-electron chi connectivity index (χ4n) is 2.00. The molecule has 0 radical (unpaired) electrons. The number of nitrogen functional groups attached to an aromatic ring is 1. The molecule has 0 saturated heterocycles. The molecule has 1 heterocycles. The van der Waals surface area contributed by atoms with E-state index in [9.17, 15) is 8.42 Å². The topological polar surface area (TPSA) is 78.0 Å². The summed E-state index contributed by atoms with van der Waals surface area (Å²) in [5.74, 6) is 0.765. The van der Waals surface area contributed by atoms with Crippen LogP contribution in [-0.4, -0.2) is 24.2 Å². The first-order valence-corrected chi connectivity index (χ1v) is 7.64. The van der Waals surface area contributed by atoms with Crippen molar-refractivity contribution in [3.8, 4) is 0 Å². The Labute approximate surface area is 107 Å². The Bertz CT molecular complexity index is 687. The number of para-hydroxylation sites is 1. The van der Waals surface area contributed by atoms with E-state index in [1.807, 2.05) is 10.6 Å². The molecule has 5 nitrogen and oxygen atoms in total. The summed E-state index contributed by atoms with van der Waals surface area (Å²) in [4.78, 5) is 4.42. The van der Waals surface area contributed by atoms with Crippen LogP contribution in [0.4, 0.5) is 5.95 Å². The van der Waals surface area contributed by atoms with Crippen LogP contribution in [0.15, 0.2) is 23.1 Å². The molecule has 0 bridgehead atoms. The summed E-state index contributed by atoms with van der Waals surface area (Å²) in [6, 6.07) is 5.12. The number of nitrogens with zero attached hydrogens (tertiary/aromatic N) is 2. The fraction of sp³-hybridized carbons (Fsp3) is 0.417. The zero-order valence-electron chi connectivity index (χ0n) is 10.7. The molecule has 0 amide bonds. The molecule has 0 aliphatic heterocycles. The fourth-order valence-corrected chi connectivity index (χ4v) is 2.82. The Morgan fingerprint density at radius 2 is 2.06 bits per heavy atom. The molecule has 18 heavy (non-hydrogen) atoms. The van der Waals surface area contributed by atoms with Gasteiger partial charge in [-0.1, -0.05) is 19.9 Å². The normalized spacial score (nSPS) is 12.4. The smallest absolute Gasteiger partial charge is 0.201 e. The minimum absolute atomic E-state index is 0.231. The van der Waals surface area contributed by atoms with E-state index < -0.39 is 9.84 Å². The molecular formula is C12H17N3O2S. The number of anilines is 1. The van der Waals surface area contributed by atoms with Gasteiger partial charge in [-0.2, -0.15) is 0 Å². The van der Waals surface area contributed by atoms with Crippen LogP contribution >= 0.6 is 0 Å². The van der Waals surface area contributed by atoms with Crippen LogP contribution in [0.5, 0.6) is 0 Å². The summed E-state index contributed by atoms with van der Waals surface area (Å²) in [6.45, 7) is 4.87. The Hall–Kier alpha value is -1.56. The maximum Gasteiger partial charge on any atom is 0.201 e. The minimum atomic E-state index is -3.29. The number of hydrogen-bond acceptors (Lipinski definition) is 4. The summed E-state index contributed by atoms with van der Waals surface area (Å²) in [7, 11) is -3.29. The van der Waals surface area contributed by atoms with Crippen molar-refractivity contribution in [2.45, 2.75) is 25.3 Å². The van der Waals surface area contributed by atoms with E-state index in [1.165, 1.54) is 6.26 Å². The van der Waals surface area contributed by atoms with E-state index in [0.29, 0.717) is 17.4 Å². The second kappa shape index (κ2) is 4.28. The molecule has 0 saturated carbocycles. The van der Waals surface area contributed by atoms with Gasteiger partial charge in [-0.05, 0) is 18.1 Å². The highest BCUT2D eigenvalue weighted by Gasteiger charge is 2.17. The maximum atomic E-state index is 11.7. The molecule has 1 aromatic heterocycles. The van der Waals surface area contributed by atoms with Crippen molar-refractivity contribution in [1.82, 2.24) is 9.55 Å². The highest BCUT2D eigenvalue weighted by atomic mass is 32.2. The number of rotatable bonds is 3. The predicted octanol–water partition coefficient (Wildman–Crippen LogP) is 1.68. The molecule has 2 N–H and O–H groups in total. The van der Waals surface area contributed by atoms with E-state index in [-0.39, 0.29) is 4.90 Å². The van der Waals surface area contributed by atoms with Gasteiger partial charge in [0.25, 0.3) is 0 Å². The Morgan fingerprint density at radius 3 is 2.61 bits per heavy atom. The molecule has 1 aromatic carbocycles. The second-order valence-electron chi connectivity index (χ2n) is 4.87. The lowest BCUT2D eigenvalue weighted by atomic mass is 10.2. The van der Waals surface area contributed by atoms with Crippen LogP contribution < -0.4 is 5.73 Å². The molecule has 0 fully saturated rings. The molecule has 0 spiro atoms. The van der Waals surface area contributed by atoms with Gasteiger partial charge in [0, 0.05) is 12.8 Å². The lowest BCUT2D eigenvalue weighted by Gasteiger charge is -2.09. The quantitative estimate of drug-likeness (QED) is 0.917. The number of benzene rings is 1. The van der Waals surface area contributed by atoms with Crippen molar-refractivity contribution in [1.29, 1.82) is 0 Å². The third kappa shape index (κ3) is 2.20. The van der Waals surface area contributed by atoms with Gasteiger partial charge in [0.15, 0.2) is 9.84 Å². The highest BCUT2D eigenvalue weighted by Crippen LogP contribution is 2.25. The van der Waals surface area contributed by atoms with Crippen molar-refractivity contribution in [3.63, 3.8) is 0 Å². The molecule has 98 valence electrons. The number of sulfone groups is 1. The zero-order chi connectivity index (χ0) is 13.5. The predicted molar refractivity (Wildman–Crippen MR) is 72.1 cm³/mol. The summed E-state index contributed by atoms with van der Waals surface area (Å²) >= 11 is 0. The third-order valence-electron chi connectivity index (χ3n) is 2.72. The first-order chi connectivity index (χ1) is 8.30. The SMILES string of the molecule is CC(C)Cn1c(N)nc2c(S(C)(=O)=O)cccc21. The Morgan fingerprint density at radius 1 is 1.39 bits per heavy atom. The summed E-state index contributed by atoms with van der Waals surface area (Å²) in [6.07, 6.45) is 1.18. The lowest BCUT2D eigenvalue weighted by molar-refractivity contribution is 0.538. The Kier molecular flexibility index (Phi) is 3.06. The van der Waals surface area contributed by atoms with Crippen LogP contribution in [-0.2, 0) is 16.4 Å². The van der Waals surface area contributed by atoms with E-state index in [0.717, 1.165) is 12.1 Å². The summed E-state index contributed by atoms with van der Waals surface area (Å²) < 4.78 is 25.3. The molecule has 2 aromatic rings. The zero-order valence-corrected chi connectivity index (χ0v) is 11.5. The maximum absolute atomic E-state index is 11.7. The van der Waals surface area contributed by atoms with Gasteiger partial charge in [0.05, 0.1) is 10.4 Å². The van der Waals surface area contributed by atoms with Crippen LogP contribution in [0.3, 0.4) is 0 Å². The lowest BCUT2D eigenvalue weighted by Crippen LogP contribution is -2.07. The molecule has 0 atom stereocenters. The van der Waals surface area contributed by atoms with Gasteiger partial charge >= 0.3 is 0 Å². The average molecular weight is 267 g/mol. The van der Waals surface area contributed by atoms with Crippen molar-refractivity contribution < 1.29 is 8.42 Å². The standard InChI is InChI=1S/C12H17N3O2S/c1-8(2)7-15-9-5-4-6-10(18(3,16)17)11(9)14-12(15)13/h4-6,8H,7H2,1-3H3,(H2,13,14). The Balaban J connectivity index is 2.75. The van der Waals surface area contributed by atoms with Gasteiger partial charge in [-0.25, -0.2) is 13.4 Å². The van der Waals surface area contributed by atoms with E-state index in [4.69, 9.17) is 5.73 Å². The number of aromatic nitrogens is 2. The van der Waals surface area contributed by atoms with E-state index in [2.05, 4.69) is 18.8 Å². The first kappa shape index (κ1) is 12.9. The molecule has 0 aliphatic rings. The van der Waals surface area contributed by atoms with Crippen molar-refractivity contribution in [2.24, 2.45) is 5.92 Å². The largest absolute Gasteiger partial charge is 0.369 e. The summed E-state index contributed by atoms with van der Waals surface area (Å²) in [5, 5.41) is 0. The van der Waals surface area contributed by atoms with Crippen molar-refractivity contribution >= 4 is 26.8 Å². The second-order valence-corrected chi connectivity index (χ2v) is 6.85. The minimum Gasteiger partial charge on any atom is -0.369 e. The average Bonchev–Trinajstić information content (AvgIpc) is 2.53. The molecule has 0 aliphatic carbocycles. The van der Waals surface area contributed by atoms with Crippen LogP contribution in [0.25, 0.3) is 11.0 Å². The van der Waals surface area contributed by atoms with Gasteiger partial charge in [0.1, 0.15) is 5.52 Å². The number of hydrogen-bond donors (Lipinski definition) is 1. The molecule has 2 rings (SSSR count). The van der Waals surface area contributed by atoms with Gasteiger partial charge in [-0.15, -0.1) is 0 Å². The van der Waals surface area contributed by atoms with Crippen LogP contribution in [0.1, 0.15) is 13.8 Å². The number of fused-ring (bicyclic) bond motifs is 1. The van der Waals surface area contributed by atoms with Crippen molar-refractivity contribution in [3.05, 3.63) is 18.2 Å². The first-order valence-electron chi connectivity index (χ1n) is 5.75. The van der Waals surface area contributed by atoms with Gasteiger partial charge in [-0.3, -0.25) is 0 Å². The summed E-state index contributed by atoms with van der Waals surface area (Å²) in [5.41, 5.74) is 7.10. The third-order valence-corrected chi connectivity index (χ3v) is 3.85. The molecular weight excluding hydrogens is 250 g/mol. The van der Waals surface area contributed by atoms with E-state index >= 15 is 0 Å². The van der Waals surface area contributed by atoms with E-state index in [1.54, 1.807) is 12.1 Å². The van der Waals surface area contributed by atoms with Gasteiger partial charge < -0.3 is 10.3 Å². The molecule has 0 unspecified atom stereocenters. The number of nitrogens with two attached hydrogens (primary N) is 1.